The molecule has 1 amide bonds. The fourth-order valence-corrected chi connectivity index (χ4v) is 4.92. The number of hydrogen-bond acceptors (Lipinski definition) is 6. The Balaban J connectivity index is 1.48. The molecule has 5 aromatic rings. The van der Waals surface area contributed by atoms with E-state index in [0.29, 0.717) is 10.8 Å². The van der Waals surface area contributed by atoms with Crippen LogP contribution in [0, 0.1) is 13.8 Å². The molecule has 3 aromatic heterocycles. The van der Waals surface area contributed by atoms with Crippen LogP contribution in [-0.2, 0) is 7.05 Å². The number of nitrogens with zero attached hydrogens (tertiary/aromatic N) is 4. The molecule has 3 heterocycles. The topological polar surface area (TPSA) is 91.0 Å². The highest BCUT2D eigenvalue weighted by atomic mass is 32.1. The summed E-state index contributed by atoms with van der Waals surface area (Å²) in [4.78, 5) is 30.5. The van der Waals surface area contributed by atoms with Crippen LogP contribution in [0.1, 0.15) is 21.9 Å². The minimum absolute atomic E-state index is 0.186. The molecule has 0 saturated carbocycles. The number of rotatable bonds is 5. The van der Waals surface area contributed by atoms with Gasteiger partial charge in [0.1, 0.15) is 10.8 Å². The molecule has 0 radical (unpaired) electrons. The lowest BCUT2D eigenvalue weighted by Gasteiger charge is -2.13. The standard InChI is InChI=1S/C26H23N5O3S/c1-15-12-21(22-14-35-25(27-22)17-8-7-9-18(13-17)34-4)16(2)31(15)29-24(32)23-19-10-5-6-11-20(19)26(33)30(3)28-23/h5-14H,1-4H3,(H,29,32). The second-order valence-electron chi connectivity index (χ2n) is 8.15. The number of ether oxygens (including phenoxy) is 1. The monoisotopic (exact) mass is 485 g/mol. The van der Waals surface area contributed by atoms with Crippen LogP contribution >= 0.6 is 11.3 Å². The van der Waals surface area contributed by atoms with E-state index in [9.17, 15) is 9.59 Å². The van der Waals surface area contributed by atoms with Crippen molar-refractivity contribution >= 4 is 28.0 Å². The molecular weight excluding hydrogens is 462 g/mol. The molecule has 0 spiro atoms. The van der Waals surface area contributed by atoms with Gasteiger partial charge >= 0.3 is 0 Å². The quantitative estimate of drug-likeness (QED) is 0.395. The maximum atomic E-state index is 13.3. The highest BCUT2D eigenvalue weighted by molar-refractivity contribution is 7.13. The molecule has 0 fully saturated rings. The summed E-state index contributed by atoms with van der Waals surface area (Å²) in [6.45, 7) is 3.85. The van der Waals surface area contributed by atoms with Gasteiger partial charge in [-0.25, -0.2) is 9.67 Å². The van der Waals surface area contributed by atoms with Crippen molar-refractivity contribution in [3.8, 4) is 27.6 Å². The number of carbonyl (C=O) groups excluding carboxylic acids is 1. The maximum Gasteiger partial charge on any atom is 0.291 e. The maximum absolute atomic E-state index is 13.3. The lowest BCUT2D eigenvalue weighted by molar-refractivity contribution is 0.100. The summed E-state index contributed by atoms with van der Waals surface area (Å²) >= 11 is 1.55. The van der Waals surface area contributed by atoms with Gasteiger partial charge in [0.15, 0.2) is 5.69 Å². The van der Waals surface area contributed by atoms with Gasteiger partial charge in [0, 0.05) is 40.3 Å². The van der Waals surface area contributed by atoms with E-state index >= 15 is 0 Å². The first-order valence-electron chi connectivity index (χ1n) is 10.9. The molecule has 176 valence electrons. The van der Waals surface area contributed by atoms with Crippen LogP contribution < -0.4 is 15.7 Å². The van der Waals surface area contributed by atoms with Gasteiger partial charge in [-0.1, -0.05) is 30.3 Å². The van der Waals surface area contributed by atoms with E-state index in [1.807, 2.05) is 49.6 Å². The van der Waals surface area contributed by atoms with Gasteiger partial charge in [0.2, 0.25) is 0 Å². The summed E-state index contributed by atoms with van der Waals surface area (Å²) in [5.74, 6) is 0.375. The Labute approximate surface area is 205 Å². The Hall–Kier alpha value is -4.24. The van der Waals surface area contributed by atoms with Gasteiger partial charge in [-0.05, 0) is 38.1 Å². The molecule has 0 unspecified atom stereocenters. The predicted octanol–water partition coefficient (Wildman–Crippen LogP) is 4.53. The summed E-state index contributed by atoms with van der Waals surface area (Å²) < 4.78 is 8.24. The van der Waals surface area contributed by atoms with Crippen molar-refractivity contribution in [3.05, 3.63) is 87.4 Å². The third-order valence-electron chi connectivity index (χ3n) is 5.91. The Kier molecular flexibility index (Phi) is 5.70. The van der Waals surface area contributed by atoms with E-state index in [2.05, 4.69) is 10.5 Å². The van der Waals surface area contributed by atoms with E-state index in [4.69, 9.17) is 9.72 Å². The molecule has 9 heteroatoms. The predicted molar refractivity (Wildman–Crippen MR) is 138 cm³/mol. The lowest BCUT2D eigenvalue weighted by atomic mass is 10.1. The molecule has 0 atom stereocenters. The summed E-state index contributed by atoms with van der Waals surface area (Å²) in [5, 5.41) is 8.08. The van der Waals surface area contributed by atoms with Crippen molar-refractivity contribution in [2.45, 2.75) is 13.8 Å². The number of aromatic nitrogens is 4. The van der Waals surface area contributed by atoms with Crippen LogP contribution in [0.2, 0.25) is 0 Å². The van der Waals surface area contributed by atoms with Crippen molar-refractivity contribution in [1.29, 1.82) is 0 Å². The van der Waals surface area contributed by atoms with E-state index < -0.39 is 5.91 Å². The van der Waals surface area contributed by atoms with Gasteiger partial charge in [0.05, 0.1) is 18.2 Å². The molecule has 5 rings (SSSR count). The number of amides is 1. The van der Waals surface area contributed by atoms with Gasteiger partial charge in [0.25, 0.3) is 11.5 Å². The molecule has 1 N–H and O–H groups in total. The molecule has 0 aliphatic carbocycles. The smallest absolute Gasteiger partial charge is 0.291 e. The van der Waals surface area contributed by atoms with Gasteiger partial charge in [-0.15, -0.1) is 11.3 Å². The minimum atomic E-state index is -0.402. The van der Waals surface area contributed by atoms with Gasteiger partial charge in [-0.3, -0.25) is 19.7 Å². The van der Waals surface area contributed by atoms with Crippen LogP contribution in [0.5, 0.6) is 5.75 Å². The van der Waals surface area contributed by atoms with Crippen LogP contribution in [0.4, 0.5) is 0 Å². The number of fused-ring (bicyclic) bond motifs is 1. The van der Waals surface area contributed by atoms with Crippen LogP contribution in [0.25, 0.3) is 32.6 Å². The normalized spacial score (nSPS) is 11.1. The lowest BCUT2D eigenvalue weighted by Crippen LogP contribution is -2.29. The minimum Gasteiger partial charge on any atom is -0.497 e. The third kappa shape index (κ3) is 4.00. The number of carbonyl (C=O) groups is 1. The SMILES string of the molecule is COc1cccc(-c2nc(-c3cc(C)n(NC(=O)c4nn(C)c(=O)c5ccccc45)c3C)cs2)c1. The fourth-order valence-electron chi connectivity index (χ4n) is 4.10. The molecule has 0 saturated heterocycles. The summed E-state index contributed by atoms with van der Waals surface area (Å²) in [6, 6.07) is 16.8. The van der Waals surface area contributed by atoms with Crippen LogP contribution in [0.3, 0.4) is 0 Å². The van der Waals surface area contributed by atoms with E-state index in [1.54, 1.807) is 47.4 Å². The number of thiazole rings is 1. The molecule has 8 nitrogen and oxygen atoms in total. The first-order valence-corrected chi connectivity index (χ1v) is 11.8. The Morgan fingerprint density at radius 2 is 1.83 bits per heavy atom. The summed E-state index contributed by atoms with van der Waals surface area (Å²) in [5.41, 5.74) is 7.29. The zero-order valence-corrected chi connectivity index (χ0v) is 20.5. The van der Waals surface area contributed by atoms with E-state index in [1.165, 1.54) is 11.7 Å². The molecule has 2 aromatic carbocycles. The molecule has 35 heavy (non-hydrogen) atoms. The third-order valence-corrected chi connectivity index (χ3v) is 6.80. The first kappa shape index (κ1) is 22.5. The van der Waals surface area contributed by atoms with Crippen molar-refractivity contribution in [2.24, 2.45) is 7.05 Å². The Morgan fingerprint density at radius 1 is 1.06 bits per heavy atom. The number of hydrogen-bond donors (Lipinski definition) is 1. The average Bonchev–Trinajstić information content (AvgIpc) is 3.47. The zero-order chi connectivity index (χ0) is 24.7. The molecule has 0 bridgehead atoms. The molecular formula is C26H23N5O3S. The van der Waals surface area contributed by atoms with Gasteiger partial charge < -0.3 is 4.74 Å². The van der Waals surface area contributed by atoms with E-state index in [-0.39, 0.29) is 11.3 Å². The van der Waals surface area contributed by atoms with Crippen LogP contribution in [0.15, 0.2) is 64.8 Å². The van der Waals surface area contributed by atoms with Crippen molar-refractivity contribution in [3.63, 3.8) is 0 Å². The van der Waals surface area contributed by atoms with Crippen LogP contribution in [-0.4, -0.2) is 32.5 Å². The number of nitrogens with one attached hydrogen (secondary N) is 1. The first-order chi connectivity index (χ1) is 16.9. The number of methoxy groups -OCH3 is 1. The van der Waals surface area contributed by atoms with Gasteiger partial charge in [-0.2, -0.15) is 5.10 Å². The highest BCUT2D eigenvalue weighted by Gasteiger charge is 2.20. The fraction of sp³-hybridized carbons (Fsp3) is 0.154. The summed E-state index contributed by atoms with van der Waals surface area (Å²) in [7, 11) is 3.18. The van der Waals surface area contributed by atoms with Crippen molar-refractivity contribution < 1.29 is 9.53 Å². The second-order valence-corrected chi connectivity index (χ2v) is 9.01. The summed E-state index contributed by atoms with van der Waals surface area (Å²) in [6.07, 6.45) is 0. The van der Waals surface area contributed by atoms with E-state index in [0.717, 1.165) is 39.0 Å². The molecule has 0 aliphatic rings. The molecule has 0 aliphatic heterocycles. The average molecular weight is 486 g/mol. The largest absolute Gasteiger partial charge is 0.497 e. The number of benzene rings is 2. The second kappa shape index (κ2) is 8.84. The highest BCUT2D eigenvalue weighted by Crippen LogP contribution is 2.33. The Morgan fingerprint density at radius 3 is 2.60 bits per heavy atom. The van der Waals surface area contributed by atoms with Crippen molar-refractivity contribution in [1.82, 2.24) is 19.4 Å². The Bertz CT molecular complexity index is 1650. The van der Waals surface area contributed by atoms with Crippen molar-refractivity contribution in [2.75, 3.05) is 12.5 Å². The number of aryl methyl sites for hydroxylation is 2. The zero-order valence-electron chi connectivity index (χ0n) is 19.7.